The van der Waals surface area contributed by atoms with Gasteiger partial charge in [-0.15, -0.1) is 0 Å². The Hall–Kier alpha value is -2.56. The van der Waals surface area contributed by atoms with Crippen LogP contribution in [0.4, 0.5) is 5.69 Å². The van der Waals surface area contributed by atoms with E-state index in [2.05, 4.69) is 5.32 Å². The third kappa shape index (κ3) is 3.26. The van der Waals surface area contributed by atoms with Crippen molar-refractivity contribution in [2.24, 2.45) is 7.05 Å². The highest BCUT2D eigenvalue weighted by Gasteiger charge is 2.09. The summed E-state index contributed by atoms with van der Waals surface area (Å²) in [7, 11) is 1.85. The third-order valence-corrected chi connectivity index (χ3v) is 2.75. The zero-order chi connectivity index (χ0) is 14.5. The number of anilines is 1. The second-order valence-electron chi connectivity index (χ2n) is 4.32. The van der Waals surface area contributed by atoms with Crippen molar-refractivity contribution in [1.82, 2.24) is 4.57 Å². The maximum Gasteiger partial charge on any atom is 0.338 e. The van der Waals surface area contributed by atoms with Crippen molar-refractivity contribution in [3.05, 3.63) is 53.9 Å². The van der Waals surface area contributed by atoms with Gasteiger partial charge in [0.15, 0.2) is 0 Å². The lowest BCUT2D eigenvalue weighted by Gasteiger charge is -2.05. The van der Waals surface area contributed by atoms with Crippen LogP contribution in [0.25, 0.3) is 0 Å². The number of carbonyl (C=O) groups excluding carboxylic acids is 2. The first kappa shape index (κ1) is 13.9. The van der Waals surface area contributed by atoms with Crippen LogP contribution in [0.1, 0.15) is 27.6 Å². The van der Waals surface area contributed by atoms with E-state index in [1.807, 2.05) is 7.05 Å². The molecule has 2 aromatic rings. The fourth-order valence-electron chi connectivity index (χ4n) is 1.74. The van der Waals surface area contributed by atoms with Gasteiger partial charge in [-0.3, -0.25) is 4.79 Å². The minimum absolute atomic E-state index is 0.186. The Balaban J connectivity index is 2.04. The molecule has 1 heterocycles. The van der Waals surface area contributed by atoms with E-state index in [1.54, 1.807) is 54.2 Å². The fraction of sp³-hybridized carbons (Fsp3) is 0.200. The van der Waals surface area contributed by atoms with E-state index in [-0.39, 0.29) is 11.9 Å². The molecule has 1 aromatic carbocycles. The highest BCUT2D eigenvalue weighted by molar-refractivity contribution is 6.04. The number of nitrogens with one attached hydrogen (secondary N) is 1. The molecule has 1 amide bonds. The van der Waals surface area contributed by atoms with Gasteiger partial charge < -0.3 is 14.6 Å². The smallest absolute Gasteiger partial charge is 0.338 e. The summed E-state index contributed by atoms with van der Waals surface area (Å²) < 4.78 is 6.70. The van der Waals surface area contributed by atoms with Gasteiger partial charge in [0, 0.05) is 25.1 Å². The Kier molecular flexibility index (Phi) is 4.20. The average Bonchev–Trinajstić information content (AvgIpc) is 2.86. The number of amides is 1. The van der Waals surface area contributed by atoms with Crippen LogP contribution in [-0.4, -0.2) is 23.1 Å². The lowest BCUT2D eigenvalue weighted by atomic mass is 10.2. The molecule has 0 atom stereocenters. The van der Waals surface area contributed by atoms with Crippen molar-refractivity contribution in [2.45, 2.75) is 6.92 Å². The topological polar surface area (TPSA) is 60.3 Å². The summed E-state index contributed by atoms with van der Waals surface area (Å²) >= 11 is 0. The van der Waals surface area contributed by atoms with Crippen LogP contribution in [0.2, 0.25) is 0 Å². The molecule has 0 fully saturated rings. The normalized spacial score (nSPS) is 10.1. The van der Waals surface area contributed by atoms with Crippen molar-refractivity contribution in [2.75, 3.05) is 11.9 Å². The molecule has 2 rings (SSSR count). The Morgan fingerprint density at radius 1 is 1.15 bits per heavy atom. The van der Waals surface area contributed by atoms with Crippen molar-refractivity contribution in [3.63, 3.8) is 0 Å². The molecular weight excluding hydrogens is 256 g/mol. The van der Waals surface area contributed by atoms with Gasteiger partial charge in [0.2, 0.25) is 0 Å². The standard InChI is InChI=1S/C15H16N2O3/c1-3-20-15(19)11-4-6-13(7-5-11)16-14(18)12-8-9-17(2)10-12/h4-10H,3H2,1-2H3,(H,16,18). The van der Waals surface area contributed by atoms with Crippen LogP contribution in [0, 0.1) is 0 Å². The summed E-state index contributed by atoms with van der Waals surface area (Å²) in [6.07, 6.45) is 3.54. The molecule has 0 unspecified atom stereocenters. The van der Waals surface area contributed by atoms with E-state index >= 15 is 0 Å². The van der Waals surface area contributed by atoms with E-state index in [0.29, 0.717) is 23.4 Å². The number of benzene rings is 1. The first-order valence-electron chi connectivity index (χ1n) is 6.30. The average molecular weight is 272 g/mol. The Labute approximate surface area is 117 Å². The summed E-state index contributed by atoms with van der Waals surface area (Å²) in [4.78, 5) is 23.4. The second kappa shape index (κ2) is 6.06. The summed E-state index contributed by atoms with van der Waals surface area (Å²) in [6, 6.07) is 8.33. The monoisotopic (exact) mass is 272 g/mol. The van der Waals surface area contributed by atoms with Gasteiger partial charge in [0.25, 0.3) is 5.91 Å². The molecule has 1 aromatic heterocycles. The van der Waals surface area contributed by atoms with Gasteiger partial charge in [-0.2, -0.15) is 0 Å². The molecule has 5 heteroatoms. The number of esters is 1. The fourth-order valence-corrected chi connectivity index (χ4v) is 1.74. The number of hydrogen-bond donors (Lipinski definition) is 1. The number of aromatic nitrogens is 1. The highest BCUT2D eigenvalue weighted by atomic mass is 16.5. The van der Waals surface area contributed by atoms with Crippen LogP contribution >= 0.6 is 0 Å². The van der Waals surface area contributed by atoms with Crippen molar-refractivity contribution >= 4 is 17.6 Å². The zero-order valence-electron chi connectivity index (χ0n) is 11.4. The summed E-state index contributed by atoms with van der Waals surface area (Å²) in [6.45, 7) is 2.09. The van der Waals surface area contributed by atoms with Gasteiger partial charge in [-0.25, -0.2) is 4.79 Å². The number of aryl methyl sites for hydroxylation is 1. The minimum atomic E-state index is -0.367. The summed E-state index contributed by atoms with van der Waals surface area (Å²) in [5.41, 5.74) is 1.68. The maximum atomic E-state index is 11.9. The van der Waals surface area contributed by atoms with Crippen LogP contribution in [0.5, 0.6) is 0 Å². The first-order chi connectivity index (χ1) is 9.60. The van der Waals surface area contributed by atoms with Gasteiger partial charge in [0.1, 0.15) is 0 Å². The SMILES string of the molecule is CCOC(=O)c1ccc(NC(=O)c2ccn(C)c2)cc1. The van der Waals surface area contributed by atoms with Gasteiger partial charge in [-0.05, 0) is 37.3 Å². The molecule has 0 aliphatic rings. The molecule has 0 spiro atoms. The van der Waals surface area contributed by atoms with Gasteiger partial charge in [-0.1, -0.05) is 0 Å². The lowest BCUT2D eigenvalue weighted by Crippen LogP contribution is -2.11. The van der Waals surface area contributed by atoms with E-state index in [9.17, 15) is 9.59 Å². The predicted octanol–water partition coefficient (Wildman–Crippen LogP) is 2.45. The predicted molar refractivity (Wildman–Crippen MR) is 75.8 cm³/mol. The van der Waals surface area contributed by atoms with Crippen LogP contribution < -0.4 is 5.32 Å². The molecule has 0 bridgehead atoms. The molecule has 1 N–H and O–H groups in total. The van der Waals surface area contributed by atoms with E-state index in [4.69, 9.17) is 4.74 Å². The molecule has 20 heavy (non-hydrogen) atoms. The molecule has 0 aliphatic heterocycles. The Morgan fingerprint density at radius 3 is 2.40 bits per heavy atom. The Bertz CT molecular complexity index is 614. The molecule has 104 valence electrons. The Morgan fingerprint density at radius 2 is 1.85 bits per heavy atom. The lowest BCUT2D eigenvalue weighted by molar-refractivity contribution is 0.0526. The highest BCUT2D eigenvalue weighted by Crippen LogP contribution is 2.12. The summed E-state index contributed by atoms with van der Waals surface area (Å²) in [5.74, 6) is -0.553. The van der Waals surface area contributed by atoms with Crippen LogP contribution in [0.3, 0.4) is 0 Å². The van der Waals surface area contributed by atoms with Crippen molar-refractivity contribution in [1.29, 1.82) is 0 Å². The van der Waals surface area contributed by atoms with Gasteiger partial charge >= 0.3 is 5.97 Å². The number of carbonyl (C=O) groups is 2. The van der Waals surface area contributed by atoms with Crippen molar-refractivity contribution < 1.29 is 14.3 Å². The van der Waals surface area contributed by atoms with Crippen LogP contribution in [-0.2, 0) is 11.8 Å². The first-order valence-corrected chi connectivity index (χ1v) is 6.30. The van der Waals surface area contributed by atoms with Gasteiger partial charge in [0.05, 0.1) is 17.7 Å². The molecule has 0 saturated carbocycles. The largest absolute Gasteiger partial charge is 0.462 e. The van der Waals surface area contributed by atoms with E-state index < -0.39 is 0 Å². The number of ether oxygens (including phenoxy) is 1. The van der Waals surface area contributed by atoms with Crippen molar-refractivity contribution in [3.8, 4) is 0 Å². The quantitative estimate of drug-likeness (QED) is 0.870. The molecular formula is C15H16N2O3. The van der Waals surface area contributed by atoms with E-state index in [0.717, 1.165) is 0 Å². The molecule has 0 aliphatic carbocycles. The molecule has 5 nitrogen and oxygen atoms in total. The van der Waals surface area contributed by atoms with Crippen LogP contribution in [0.15, 0.2) is 42.7 Å². The number of nitrogens with zero attached hydrogens (tertiary/aromatic N) is 1. The zero-order valence-corrected chi connectivity index (χ0v) is 11.4. The number of hydrogen-bond acceptors (Lipinski definition) is 3. The van der Waals surface area contributed by atoms with E-state index in [1.165, 1.54) is 0 Å². The number of rotatable bonds is 4. The molecule has 0 saturated heterocycles. The molecule has 0 radical (unpaired) electrons. The minimum Gasteiger partial charge on any atom is -0.462 e. The third-order valence-electron chi connectivity index (χ3n) is 2.75. The summed E-state index contributed by atoms with van der Waals surface area (Å²) in [5, 5.41) is 2.77. The maximum absolute atomic E-state index is 11.9. The second-order valence-corrected chi connectivity index (χ2v) is 4.32.